The highest BCUT2D eigenvalue weighted by atomic mass is 19.1. The Bertz CT molecular complexity index is 829. The van der Waals surface area contributed by atoms with E-state index in [1.54, 1.807) is 6.07 Å². The monoisotopic (exact) mass is 286 g/mol. The molecular formula is C16H15FN2O2. The molecule has 0 radical (unpaired) electrons. The van der Waals surface area contributed by atoms with Crippen LogP contribution in [0, 0.1) is 17.2 Å². The summed E-state index contributed by atoms with van der Waals surface area (Å²) < 4.78 is 13.3. The Kier molecular flexibility index (Phi) is 2.35. The van der Waals surface area contributed by atoms with E-state index in [4.69, 9.17) is 0 Å². The minimum Gasteiger partial charge on any atom is -0.338 e. The normalized spacial score (nSPS) is 27.0. The smallest absolute Gasteiger partial charge is 0.254 e. The Morgan fingerprint density at radius 1 is 1.43 bits per heavy atom. The summed E-state index contributed by atoms with van der Waals surface area (Å²) in [7, 11) is 0. The molecule has 2 heterocycles. The molecule has 2 unspecified atom stereocenters. The number of hydrogen-bond acceptors (Lipinski definition) is 2. The van der Waals surface area contributed by atoms with Gasteiger partial charge in [0.15, 0.2) is 0 Å². The van der Waals surface area contributed by atoms with Gasteiger partial charge in [-0.25, -0.2) is 4.39 Å². The van der Waals surface area contributed by atoms with Crippen molar-refractivity contribution in [1.29, 1.82) is 0 Å². The van der Waals surface area contributed by atoms with Crippen LogP contribution >= 0.6 is 0 Å². The van der Waals surface area contributed by atoms with Crippen LogP contribution in [0.2, 0.25) is 0 Å². The van der Waals surface area contributed by atoms with Gasteiger partial charge in [0.05, 0.1) is 11.1 Å². The second kappa shape index (κ2) is 3.93. The van der Waals surface area contributed by atoms with Crippen molar-refractivity contribution in [3.63, 3.8) is 0 Å². The zero-order chi connectivity index (χ0) is 14.8. The van der Waals surface area contributed by atoms with Gasteiger partial charge in [0.2, 0.25) is 5.56 Å². The highest BCUT2D eigenvalue weighted by Gasteiger charge is 2.57. The Balaban J connectivity index is 1.79. The molecule has 21 heavy (non-hydrogen) atoms. The fourth-order valence-corrected chi connectivity index (χ4v) is 3.48. The highest BCUT2D eigenvalue weighted by molar-refractivity contribution is 6.06. The van der Waals surface area contributed by atoms with E-state index in [-0.39, 0.29) is 16.9 Å². The number of carbonyl (C=O) groups is 1. The lowest BCUT2D eigenvalue weighted by Crippen LogP contribution is -2.32. The SMILES string of the molecule is CC12CC1CN(C(=O)c1cc(=O)[nH]c3cc(F)ccc13)C2. The van der Waals surface area contributed by atoms with Crippen LogP contribution in [0.5, 0.6) is 0 Å². The van der Waals surface area contributed by atoms with Crippen molar-refractivity contribution < 1.29 is 9.18 Å². The number of aromatic amines is 1. The Hall–Kier alpha value is -2.17. The molecule has 0 spiro atoms. The summed E-state index contributed by atoms with van der Waals surface area (Å²) in [5.74, 6) is 0.0240. The van der Waals surface area contributed by atoms with Crippen LogP contribution in [0.4, 0.5) is 4.39 Å². The lowest BCUT2D eigenvalue weighted by molar-refractivity contribution is 0.0768. The summed E-state index contributed by atoms with van der Waals surface area (Å²) in [5.41, 5.74) is 0.603. The zero-order valence-electron chi connectivity index (χ0n) is 11.6. The molecule has 1 aromatic carbocycles. The van der Waals surface area contributed by atoms with E-state index in [1.807, 2.05) is 4.90 Å². The quantitative estimate of drug-likeness (QED) is 0.873. The van der Waals surface area contributed by atoms with E-state index in [2.05, 4.69) is 11.9 Å². The van der Waals surface area contributed by atoms with E-state index in [0.29, 0.717) is 22.4 Å². The maximum absolute atomic E-state index is 13.3. The third-order valence-corrected chi connectivity index (χ3v) is 4.85. The molecule has 4 nitrogen and oxygen atoms in total. The molecule has 2 aliphatic rings. The second-order valence-corrected chi connectivity index (χ2v) is 6.48. The predicted octanol–water partition coefficient (Wildman–Crippen LogP) is 2.15. The molecule has 108 valence electrons. The van der Waals surface area contributed by atoms with Crippen molar-refractivity contribution in [2.75, 3.05) is 13.1 Å². The first-order valence-electron chi connectivity index (χ1n) is 7.08. The molecule has 1 aliphatic carbocycles. The van der Waals surface area contributed by atoms with Gasteiger partial charge in [-0.1, -0.05) is 6.92 Å². The van der Waals surface area contributed by atoms with E-state index in [0.717, 1.165) is 13.1 Å². The standard InChI is InChI=1S/C16H15FN2O2/c1-16-6-9(16)7-19(8-16)15(21)12-5-14(20)18-13-4-10(17)2-3-11(12)13/h2-5,9H,6-8H2,1H3,(H,18,20). The molecule has 1 aromatic heterocycles. The molecule has 2 atom stereocenters. The minimum absolute atomic E-state index is 0.133. The number of nitrogens with zero attached hydrogens (tertiary/aromatic N) is 1. The molecule has 1 saturated carbocycles. The summed E-state index contributed by atoms with van der Waals surface area (Å²) >= 11 is 0. The number of piperidine rings is 1. The van der Waals surface area contributed by atoms with Gasteiger partial charge in [0.1, 0.15) is 5.82 Å². The van der Waals surface area contributed by atoms with Crippen LogP contribution < -0.4 is 5.56 Å². The van der Waals surface area contributed by atoms with Crippen molar-refractivity contribution >= 4 is 16.8 Å². The van der Waals surface area contributed by atoms with Gasteiger partial charge < -0.3 is 9.88 Å². The average Bonchev–Trinajstić information content (AvgIpc) is 2.94. The van der Waals surface area contributed by atoms with Gasteiger partial charge in [-0.3, -0.25) is 9.59 Å². The maximum Gasteiger partial charge on any atom is 0.254 e. The largest absolute Gasteiger partial charge is 0.338 e. The molecule has 0 bridgehead atoms. The van der Waals surface area contributed by atoms with Gasteiger partial charge in [-0.2, -0.15) is 0 Å². The number of halogens is 1. The van der Waals surface area contributed by atoms with Gasteiger partial charge in [-0.05, 0) is 36.0 Å². The molecule has 1 aliphatic heterocycles. The average molecular weight is 286 g/mol. The van der Waals surface area contributed by atoms with Crippen LogP contribution in [-0.2, 0) is 0 Å². The number of amides is 1. The molecule has 5 heteroatoms. The van der Waals surface area contributed by atoms with Crippen molar-refractivity contribution in [2.45, 2.75) is 13.3 Å². The van der Waals surface area contributed by atoms with Crippen molar-refractivity contribution in [2.24, 2.45) is 11.3 Å². The number of fused-ring (bicyclic) bond motifs is 2. The molecular weight excluding hydrogens is 271 g/mol. The van der Waals surface area contributed by atoms with Crippen molar-refractivity contribution in [3.05, 3.63) is 46.0 Å². The lowest BCUT2D eigenvalue weighted by atomic mass is 10.1. The fourth-order valence-electron chi connectivity index (χ4n) is 3.48. The molecule has 1 N–H and O–H groups in total. The van der Waals surface area contributed by atoms with Crippen LogP contribution in [-0.4, -0.2) is 28.9 Å². The summed E-state index contributed by atoms with van der Waals surface area (Å²) in [6.07, 6.45) is 1.18. The number of carbonyl (C=O) groups excluding carboxylic acids is 1. The van der Waals surface area contributed by atoms with E-state index in [1.165, 1.54) is 24.6 Å². The maximum atomic E-state index is 13.3. The molecule has 4 rings (SSSR count). The van der Waals surface area contributed by atoms with E-state index in [9.17, 15) is 14.0 Å². The van der Waals surface area contributed by atoms with Crippen LogP contribution in [0.3, 0.4) is 0 Å². The third kappa shape index (κ3) is 1.87. The molecule has 2 aromatic rings. The van der Waals surface area contributed by atoms with Gasteiger partial charge in [0.25, 0.3) is 5.91 Å². The van der Waals surface area contributed by atoms with E-state index >= 15 is 0 Å². The van der Waals surface area contributed by atoms with Crippen molar-refractivity contribution in [1.82, 2.24) is 9.88 Å². The number of benzene rings is 1. The van der Waals surface area contributed by atoms with Crippen LogP contribution in [0.25, 0.3) is 10.9 Å². The second-order valence-electron chi connectivity index (χ2n) is 6.48. The molecule has 1 saturated heterocycles. The summed E-state index contributed by atoms with van der Waals surface area (Å²) in [6.45, 7) is 3.69. The fraction of sp³-hybridized carbons (Fsp3) is 0.375. The summed E-state index contributed by atoms with van der Waals surface area (Å²) in [4.78, 5) is 28.8. The lowest BCUT2D eigenvalue weighted by Gasteiger charge is -2.20. The number of pyridine rings is 1. The number of nitrogens with one attached hydrogen (secondary N) is 1. The van der Waals surface area contributed by atoms with E-state index < -0.39 is 5.82 Å². The number of H-pyrrole nitrogens is 1. The number of rotatable bonds is 1. The Labute approximate surface area is 120 Å². The predicted molar refractivity (Wildman–Crippen MR) is 76.6 cm³/mol. The van der Waals surface area contributed by atoms with Gasteiger partial charge in [-0.15, -0.1) is 0 Å². The van der Waals surface area contributed by atoms with Crippen LogP contribution in [0.15, 0.2) is 29.1 Å². The third-order valence-electron chi connectivity index (χ3n) is 4.85. The number of hydrogen-bond donors (Lipinski definition) is 1. The first kappa shape index (κ1) is 12.6. The number of likely N-dealkylation sites (tertiary alicyclic amines) is 1. The van der Waals surface area contributed by atoms with Gasteiger partial charge >= 0.3 is 0 Å². The topological polar surface area (TPSA) is 53.2 Å². The molecule has 2 fully saturated rings. The molecule has 1 amide bonds. The summed E-state index contributed by atoms with van der Waals surface area (Å²) in [5, 5.41) is 0.590. The highest BCUT2D eigenvalue weighted by Crippen LogP contribution is 2.57. The summed E-state index contributed by atoms with van der Waals surface area (Å²) in [6, 6.07) is 5.41. The Morgan fingerprint density at radius 3 is 2.95 bits per heavy atom. The Morgan fingerprint density at radius 2 is 2.24 bits per heavy atom. The van der Waals surface area contributed by atoms with Gasteiger partial charge in [0, 0.05) is 24.5 Å². The van der Waals surface area contributed by atoms with Crippen molar-refractivity contribution in [3.8, 4) is 0 Å². The first-order valence-corrected chi connectivity index (χ1v) is 7.08. The minimum atomic E-state index is -0.433. The zero-order valence-corrected chi connectivity index (χ0v) is 11.6. The first-order chi connectivity index (χ1) is 9.96. The number of aromatic nitrogens is 1. The van der Waals surface area contributed by atoms with Crippen LogP contribution in [0.1, 0.15) is 23.7 Å².